The molecule has 2 aromatic rings. The summed E-state index contributed by atoms with van der Waals surface area (Å²) in [6, 6.07) is 4.52. The molecule has 20 heavy (non-hydrogen) atoms. The van der Waals surface area contributed by atoms with Crippen molar-refractivity contribution in [2.24, 2.45) is 0 Å². The molecular weight excluding hydrogens is 265 g/mol. The lowest BCUT2D eigenvalue weighted by molar-refractivity contribution is 0.0374. The Kier molecular flexibility index (Phi) is 3.74. The van der Waals surface area contributed by atoms with Crippen LogP contribution in [0.1, 0.15) is 24.2 Å². The van der Waals surface area contributed by atoms with Gasteiger partial charge >= 0.3 is 5.97 Å². The summed E-state index contributed by atoms with van der Waals surface area (Å²) < 4.78 is 24.0. The summed E-state index contributed by atoms with van der Waals surface area (Å²) in [4.78, 5) is 24.2. The summed E-state index contributed by atoms with van der Waals surface area (Å²) in [5.74, 6) is -0.632. The van der Waals surface area contributed by atoms with Crippen LogP contribution in [0.2, 0.25) is 0 Å². The number of esters is 1. The third-order valence-electron chi connectivity index (χ3n) is 2.73. The summed E-state index contributed by atoms with van der Waals surface area (Å²) in [5, 5.41) is 0.0602. The number of rotatable bonds is 3. The highest BCUT2D eigenvalue weighted by atomic mass is 19.2. The van der Waals surface area contributed by atoms with Crippen molar-refractivity contribution in [3.8, 4) is 5.75 Å². The highest BCUT2D eigenvalue weighted by Crippen LogP contribution is 2.24. The zero-order valence-corrected chi connectivity index (χ0v) is 11.3. The summed E-state index contributed by atoms with van der Waals surface area (Å²) in [6.07, 6.45) is 0.425. The molecule has 0 spiro atoms. The fourth-order valence-corrected chi connectivity index (χ4v) is 1.90. The molecule has 0 aliphatic rings. The van der Waals surface area contributed by atoms with Gasteiger partial charge in [0.05, 0.1) is 24.8 Å². The Bertz CT molecular complexity index is 721. The van der Waals surface area contributed by atoms with Crippen LogP contribution in [0.3, 0.4) is 0 Å². The Balaban J connectivity index is 2.70. The average molecular weight is 279 g/mol. The molecule has 0 saturated carbocycles. The second-order valence-corrected chi connectivity index (χ2v) is 4.49. The lowest BCUT2D eigenvalue weighted by Crippen LogP contribution is -2.22. The molecule has 106 valence electrons. The van der Waals surface area contributed by atoms with E-state index >= 15 is 0 Å². The van der Waals surface area contributed by atoms with Crippen molar-refractivity contribution in [3.63, 3.8) is 0 Å². The predicted octanol–water partition coefficient (Wildman–Crippen LogP) is 2.31. The van der Waals surface area contributed by atoms with Gasteiger partial charge in [-0.3, -0.25) is 4.79 Å². The van der Waals surface area contributed by atoms with E-state index in [9.17, 15) is 14.1 Å². The average Bonchev–Trinajstić information content (AvgIpc) is 2.41. The van der Waals surface area contributed by atoms with E-state index in [0.717, 1.165) is 6.20 Å². The molecular formula is C14H14FNO4. The molecule has 5 nitrogen and oxygen atoms in total. The number of carbonyl (C=O) groups is 1. The Morgan fingerprint density at radius 1 is 1.35 bits per heavy atom. The first-order valence-electron chi connectivity index (χ1n) is 6.05. The Morgan fingerprint density at radius 2 is 2.05 bits per heavy atom. The van der Waals surface area contributed by atoms with Gasteiger partial charge in [0.2, 0.25) is 5.43 Å². The molecule has 6 heteroatoms. The molecule has 0 amide bonds. The van der Waals surface area contributed by atoms with Crippen LogP contribution in [0.5, 0.6) is 5.75 Å². The van der Waals surface area contributed by atoms with Gasteiger partial charge in [-0.2, -0.15) is 4.79 Å². The van der Waals surface area contributed by atoms with Crippen LogP contribution in [-0.4, -0.2) is 24.0 Å². The molecule has 0 bridgehead atoms. The number of aromatic nitrogens is 1. The highest BCUT2D eigenvalue weighted by Gasteiger charge is 2.19. The number of pyridine rings is 1. The number of carbonyl (C=O) groups excluding carboxylic acids is 1. The van der Waals surface area contributed by atoms with Crippen LogP contribution in [-0.2, 0) is 4.74 Å². The van der Waals surface area contributed by atoms with Crippen LogP contribution in [0.25, 0.3) is 10.9 Å². The maximum Gasteiger partial charge on any atom is 0.344 e. The van der Waals surface area contributed by atoms with Crippen molar-refractivity contribution in [2.45, 2.75) is 20.0 Å². The Labute approximate surface area is 114 Å². The first-order valence-corrected chi connectivity index (χ1v) is 6.05. The molecule has 0 N–H and O–H groups in total. The van der Waals surface area contributed by atoms with Gasteiger partial charge < -0.3 is 9.47 Å². The van der Waals surface area contributed by atoms with Gasteiger partial charge in [0, 0.05) is 0 Å². The molecule has 0 aliphatic carbocycles. The van der Waals surface area contributed by atoms with Crippen molar-refractivity contribution >= 4 is 16.9 Å². The van der Waals surface area contributed by atoms with Gasteiger partial charge in [-0.25, -0.2) is 4.79 Å². The van der Waals surface area contributed by atoms with Crippen molar-refractivity contribution in [1.29, 1.82) is 0 Å². The topological polar surface area (TPSA) is 57.5 Å². The summed E-state index contributed by atoms with van der Waals surface area (Å²) in [5.41, 5.74) is -0.943. The standard InChI is InChI=1S/C14H14FNO4/c1-8(2)20-14(18)10-7-16(15)12-9(13(10)17)5-4-6-11(12)19-3/h4-8H,1-3H3. The minimum absolute atomic E-state index is 0.0129. The molecule has 0 saturated heterocycles. The quantitative estimate of drug-likeness (QED) is 0.809. The van der Waals surface area contributed by atoms with Crippen LogP contribution < -0.4 is 10.2 Å². The Morgan fingerprint density at radius 3 is 2.65 bits per heavy atom. The normalized spacial score (nSPS) is 10.8. The molecule has 2 rings (SSSR count). The second kappa shape index (κ2) is 5.32. The fraction of sp³-hybridized carbons (Fsp3) is 0.286. The van der Waals surface area contributed by atoms with Crippen molar-refractivity contribution in [3.05, 3.63) is 40.2 Å². The number of hydrogen-bond donors (Lipinski definition) is 0. The van der Waals surface area contributed by atoms with Crippen LogP contribution in [0.4, 0.5) is 4.48 Å². The first kappa shape index (κ1) is 14.0. The van der Waals surface area contributed by atoms with Gasteiger partial charge in [-0.1, -0.05) is 10.5 Å². The number of methoxy groups -OCH3 is 1. The lowest BCUT2D eigenvalue weighted by Gasteiger charge is -2.10. The second-order valence-electron chi connectivity index (χ2n) is 4.49. The van der Waals surface area contributed by atoms with E-state index in [1.165, 1.54) is 19.2 Å². The zero-order chi connectivity index (χ0) is 14.9. The molecule has 0 radical (unpaired) electrons. The van der Waals surface area contributed by atoms with E-state index in [2.05, 4.69) is 0 Å². The van der Waals surface area contributed by atoms with E-state index in [-0.39, 0.29) is 27.0 Å². The molecule has 1 aromatic carbocycles. The third kappa shape index (κ3) is 2.36. The Hall–Kier alpha value is -2.37. The van der Waals surface area contributed by atoms with Crippen LogP contribution >= 0.6 is 0 Å². The predicted molar refractivity (Wildman–Crippen MR) is 71.8 cm³/mol. The third-order valence-corrected chi connectivity index (χ3v) is 2.73. The van der Waals surface area contributed by atoms with Crippen molar-refractivity contribution in [2.75, 3.05) is 7.11 Å². The minimum atomic E-state index is -0.846. The fourth-order valence-electron chi connectivity index (χ4n) is 1.90. The monoisotopic (exact) mass is 279 g/mol. The lowest BCUT2D eigenvalue weighted by atomic mass is 10.1. The van der Waals surface area contributed by atoms with Gasteiger partial charge in [-0.05, 0) is 26.0 Å². The maximum absolute atomic E-state index is 14.1. The molecule has 0 unspecified atom stereocenters. The van der Waals surface area contributed by atoms with Crippen LogP contribution in [0, 0.1) is 0 Å². The number of hydrogen-bond acceptors (Lipinski definition) is 4. The number of fused-ring (bicyclic) bond motifs is 1. The van der Waals surface area contributed by atoms with Crippen LogP contribution in [0.15, 0.2) is 29.2 Å². The minimum Gasteiger partial charge on any atom is -0.494 e. The van der Waals surface area contributed by atoms with Gasteiger partial charge in [0.15, 0.2) is 0 Å². The molecule has 1 aromatic heterocycles. The number of para-hydroxylation sites is 1. The van der Waals surface area contributed by atoms with Gasteiger partial charge in [-0.15, -0.1) is 0 Å². The first-order chi connectivity index (χ1) is 9.45. The number of nitrogens with zero attached hydrogens (tertiary/aromatic N) is 1. The summed E-state index contributed by atoms with van der Waals surface area (Å²) >= 11 is 0. The molecule has 0 aliphatic heterocycles. The number of benzene rings is 1. The molecule has 0 fully saturated rings. The van der Waals surface area contributed by atoms with Gasteiger partial charge in [0.1, 0.15) is 16.8 Å². The zero-order valence-electron chi connectivity index (χ0n) is 11.3. The van der Waals surface area contributed by atoms with E-state index in [0.29, 0.717) is 0 Å². The summed E-state index contributed by atoms with van der Waals surface area (Å²) in [6.45, 7) is 3.30. The SMILES string of the molecule is COc1cccc2c(=O)c(C(=O)OC(C)C)cn(F)c12. The highest BCUT2D eigenvalue weighted by molar-refractivity contribution is 5.95. The maximum atomic E-state index is 14.1. The number of ether oxygens (including phenoxy) is 2. The smallest absolute Gasteiger partial charge is 0.344 e. The van der Waals surface area contributed by atoms with Gasteiger partial charge in [0.25, 0.3) is 0 Å². The van der Waals surface area contributed by atoms with Crippen molar-refractivity contribution < 1.29 is 18.7 Å². The molecule has 0 atom stereocenters. The molecule has 1 heterocycles. The largest absolute Gasteiger partial charge is 0.494 e. The van der Waals surface area contributed by atoms with Crippen molar-refractivity contribution in [1.82, 2.24) is 4.79 Å². The van der Waals surface area contributed by atoms with E-state index in [4.69, 9.17) is 9.47 Å². The summed E-state index contributed by atoms with van der Waals surface area (Å²) in [7, 11) is 1.38. The van der Waals surface area contributed by atoms with E-state index in [1.807, 2.05) is 0 Å². The van der Waals surface area contributed by atoms with E-state index in [1.54, 1.807) is 19.9 Å². The van der Waals surface area contributed by atoms with E-state index < -0.39 is 17.5 Å². The number of halogens is 1.